The number of aromatic nitrogens is 2. The van der Waals surface area contributed by atoms with Crippen LogP contribution in [0.4, 0.5) is 13.2 Å². The third kappa shape index (κ3) is 3.62. The van der Waals surface area contributed by atoms with Crippen molar-refractivity contribution < 1.29 is 22.5 Å². The molecule has 1 fully saturated rings. The van der Waals surface area contributed by atoms with Gasteiger partial charge in [-0.05, 0) is 42.8 Å². The van der Waals surface area contributed by atoms with Crippen LogP contribution >= 0.6 is 0 Å². The van der Waals surface area contributed by atoms with Crippen molar-refractivity contribution in [2.75, 3.05) is 13.1 Å². The van der Waals surface area contributed by atoms with Crippen LogP contribution in [0.2, 0.25) is 0 Å². The van der Waals surface area contributed by atoms with E-state index in [9.17, 15) is 18.0 Å². The second-order valence-corrected chi connectivity index (χ2v) is 6.64. The molecule has 1 aliphatic rings. The highest BCUT2D eigenvalue weighted by Gasteiger charge is 2.33. The van der Waals surface area contributed by atoms with Gasteiger partial charge in [-0.1, -0.05) is 23.4 Å². The van der Waals surface area contributed by atoms with Gasteiger partial charge in [-0.15, -0.1) is 0 Å². The zero-order valence-corrected chi connectivity index (χ0v) is 14.7. The van der Waals surface area contributed by atoms with Gasteiger partial charge in [-0.2, -0.15) is 18.2 Å². The molecule has 5 nitrogen and oxygen atoms in total. The van der Waals surface area contributed by atoms with Gasteiger partial charge in [0.05, 0.1) is 5.56 Å². The van der Waals surface area contributed by atoms with E-state index in [1.54, 1.807) is 4.90 Å². The third-order valence-corrected chi connectivity index (χ3v) is 4.76. The maximum absolute atomic E-state index is 12.7. The second kappa shape index (κ2) is 7.10. The molecular formula is C20H16F3N3O2. The van der Waals surface area contributed by atoms with E-state index in [1.165, 1.54) is 12.1 Å². The van der Waals surface area contributed by atoms with Crippen molar-refractivity contribution in [3.05, 3.63) is 71.5 Å². The minimum Gasteiger partial charge on any atom is -0.338 e. The molecule has 0 aliphatic carbocycles. The molecule has 28 heavy (non-hydrogen) atoms. The fourth-order valence-corrected chi connectivity index (χ4v) is 3.24. The van der Waals surface area contributed by atoms with Crippen molar-refractivity contribution in [2.45, 2.75) is 18.5 Å². The summed E-state index contributed by atoms with van der Waals surface area (Å²) in [4.78, 5) is 18.6. The molecular weight excluding hydrogens is 371 g/mol. The quantitative estimate of drug-likeness (QED) is 0.669. The molecule has 0 unspecified atom stereocenters. The molecule has 1 amide bonds. The van der Waals surface area contributed by atoms with Crippen LogP contribution in [0.1, 0.15) is 34.1 Å². The minimum atomic E-state index is -4.42. The van der Waals surface area contributed by atoms with Crippen molar-refractivity contribution in [2.24, 2.45) is 0 Å². The van der Waals surface area contributed by atoms with E-state index in [1.807, 2.05) is 30.3 Å². The fraction of sp³-hybridized carbons (Fsp3) is 0.250. The normalized spacial score (nSPS) is 17.1. The van der Waals surface area contributed by atoms with E-state index in [0.717, 1.165) is 17.7 Å². The Morgan fingerprint density at radius 1 is 1.07 bits per heavy atom. The van der Waals surface area contributed by atoms with Crippen LogP contribution < -0.4 is 0 Å². The zero-order valence-electron chi connectivity index (χ0n) is 14.7. The molecule has 0 saturated carbocycles. The summed E-state index contributed by atoms with van der Waals surface area (Å²) < 4.78 is 43.3. The van der Waals surface area contributed by atoms with Gasteiger partial charge in [-0.3, -0.25) is 4.79 Å². The summed E-state index contributed by atoms with van der Waals surface area (Å²) in [6.07, 6.45) is -3.75. The van der Waals surface area contributed by atoms with E-state index in [0.29, 0.717) is 31.2 Å². The number of carbonyl (C=O) groups is 1. The predicted molar refractivity (Wildman–Crippen MR) is 94.4 cm³/mol. The number of alkyl halides is 3. The fourth-order valence-electron chi connectivity index (χ4n) is 3.24. The lowest BCUT2D eigenvalue weighted by molar-refractivity contribution is -0.137. The van der Waals surface area contributed by atoms with Crippen molar-refractivity contribution in [1.82, 2.24) is 15.0 Å². The Morgan fingerprint density at radius 2 is 1.79 bits per heavy atom. The molecule has 2 heterocycles. The van der Waals surface area contributed by atoms with Crippen molar-refractivity contribution >= 4 is 5.91 Å². The predicted octanol–water partition coefficient (Wildman–Crippen LogP) is 4.39. The van der Waals surface area contributed by atoms with Crippen molar-refractivity contribution in [1.29, 1.82) is 0 Å². The Balaban J connectivity index is 1.44. The number of amides is 1. The van der Waals surface area contributed by atoms with Gasteiger partial charge in [0.1, 0.15) is 0 Å². The smallest absolute Gasteiger partial charge is 0.338 e. The van der Waals surface area contributed by atoms with Crippen LogP contribution in [0.3, 0.4) is 0 Å². The highest BCUT2D eigenvalue weighted by Crippen LogP contribution is 2.31. The lowest BCUT2D eigenvalue weighted by Gasteiger charge is -2.16. The molecule has 4 rings (SSSR count). The van der Waals surface area contributed by atoms with Crippen molar-refractivity contribution in [3.8, 4) is 11.5 Å². The highest BCUT2D eigenvalue weighted by molar-refractivity contribution is 5.94. The van der Waals surface area contributed by atoms with Gasteiger partial charge in [-0.25, -0.2) is 0 Å². The topological polar surface area (TPSA) is 59.2 Å². The lowest BCUT2D eigenvalue weighted by Crippen LogP contribution is -2.28. The third-order valence-electron chi connectivity index (χ3n) is 4.76. The Kier molecular flexibility index (Phi) is 4.62. The highest BCUT2D eigenvalue weighted by atomic mass is 19.4. The summed E-state index contributed by atoms with van der Waals surface area (Å²) in [5, 5.41) is 4.03. The van der Waals surface area contributed by atoms with Crippen LogP contribution in [-0.2, 0) is 6.18 Å². The van der Waals surface area contributed by atoms with E-state index in [4.69, 9.17) is 4.52 Å². The first-order valence-corrected chi connectivity index (χ1v) is 8.77. The van der Waals surface area contributed by atoms with Gasteiger partial charge in [0.2, 0.25) is 0 Å². The number of likely N-dealkylation sites (tertiary alicyclic amines) is 1. The molecule has 0 N–H and O–H groups in total. The molecule has 0 bridgehead atoms. The molecule has 1 saturated heterocycles. The van der Waals surface area contributed by atoms with E-state index in [2.05, 4.69) is 10.1 Å². The first-order valence-electron chi connectivity index (χ1n) is 8.77. The molecule has 144 valence electrons. The Morgan fingerprint density at radius 3 is 2.46 bits per heavy atom. The average molecular weight is 387 g/mol. The van der Waals surface area contributed by atoms with E-state index < -0.39 is 11.7 Å². The summed E-state index contributed by atoms with van der Waals surface area (Å²) in [7, 11) is 0. The summed E-state index contributed by atoms with van der Waals surface area (Å²) in [6, 6.07) is 13.6. The van der Waals surface area contributed by atoms with Gasteiger partial charge in [0.15, 0.2) is 5.82 Å². The second-order valence-electron chi connectivity index (χ2n) is 6.64. The number of hydrogen-bond donors (Lipinski definition) is 0. The number of nitrogens with zero attached hydrogens (tertiary/aromatic N) is 3. The molecule has 0 radical (unpaired) electrons. The average Bonchev–Trinajstić information content (AvgIpc) is 3.37. The van der Waals surface area contributed by atoms with Gasteiger partial charge in [0, 0.05) is 30.1 Å². The zero-order chi connectivity index (χ0) is 19.7. The molecule has 0 spiro atoms. The Labute approximate surface area is 158 Å². The molecule has 1 aliphatic heterocycles. The Hall–Kier alpha value is -3.16. The van der Waals surface area contributed by atoms with Gasteiger partial charge >= 0.3 is 6.18 Å². The number of benzene rings is 2. The molecule has 1 atom stereocenters. The number of halogens is 3. The maximum Gasteiger partial charge on any atom is 0.416 e. The first-order chi connectivity index (χ1) is 13.4. The molecule has 3 aromatic rings. The van der Waals surface area contributed by atoms with Crippen LogP contribution in [0.5, 0.6) is 0 Å². The molecule has 2 aromatic carbocycles. The van der Waals surface area contributed by atoms with Crippen molar-refractivity contribution in [3.63, 3.8) is 0 Å². The standard InChI is InChI=1S/C20H16F3N3O2/c21-20(22,23)16-8-6-14(7-9-16)19(27)26-11-10-15(12-26)17-24-18(28-25-17)13-4-2-1-3-5-13/h1-9,15H,10-12H2/t15-/m1/s1. The van der Waals surface area contributed by atoms with Crippen LogP contribution in [0, 0.1) is 0 Å². The van der Waals surface area contributed by atoms with Gasteiger partial charge in [0.25, 0.3) is 11.8 Å². The number of rotatable bonds is 3. The van der Waals surface area contributed by atoms with Gasteiger partial charge < -0.3 is 9.42 Å². The number of carbonyl (C=O) groups excluding carboxylic acids is 1. The monoisotopic (exact) mass is 387 g/mol. The molecule has 1 aromatic heterocycles. The largest absolute Gasteiger partial charge is 0.416 e. The summed E-state index contributed by atoms with van der Waals surface area (Å²) in [5.41, 5.74) is 0.271. The van der Waals surface area contributed by atoms with Crippen LogP contribution in [0.25, 0.3) is 11.5 Å². The Bertz CT molecular complexity index is 968. The lowest BCUT2D eigenvalue weighted by atomic mass is 10.1. The summed E-state index contributed by atoms with van der Waals surface area (Å²) in [6.45, 7) is 0.882. The van der Waals surface area contributed by atoms with Crippen LogP contribution in [0.15, 0.2) is 59.1 Å². The number of hydrogen-bond acceptors (Lipinski definition) is 4. The van der Waals surface area contributed by atoms with E-state index >= 15 is 0 Å². The minimum absolute atomic E-state index is 0.0698. The summed E-state index contributed by atoms with van der Waals surface area (Å²) in [5.74, 6) is 0.576. The van der Waals surface area contributed by atoms with E-state index in [-0.39, 0.29) is 17.4 Å². The van der Waals surface area contributed by atoms with Crippen LogP contribution in [-0.4, -0.2) is 34.0 Å². The molecule has 8 heteroatoms. The first kappa shape index (κ1) is 18.2. The maximum atomic E-state index is 12.7. The SMILES string of the molecule is O=C(c1ccc(C(F)(F)F)cc1)N1CC[C@@H](c2noc(-c3ccccc3)n2)C1. The summed E-state index contributed by atoms with van der Waals surface area (Å²) >= 11 is 0.